The van der Waals surface area contributed by atoms with Gasteiger partial charge in [0.1, 0.15) is 0 Å². The number of guanidine groups is 1. The first-order valence-electron chi connectivity index (χ1n) is 5.48. The molecule has 7 heteroatoms. The summed E-state index contributed by atoms with van der Waals surface area (Å²) in [4.78, 5) is 9.99. The predicted molar refractivity (Wildman–Crippen MR) is 72.7 cm³/mol. The van der Waals surface area contributed by atoms with Crippen molar-refractivity contribution in [2.75, 3.05) is 0 Å². The highest BCUT2D eigenvalue weighted by atomic mass is 16.7. The summed E-state index contributed by atoms with van der Waals surface area (Å²) in [5, 5.41) is 16.2. The smallest absolute Gasteiger partial charge is 0.275 e. The Bertz CT molecular complexity index is 392. The second kappa shape index (κ2) is 8.91. The fourth-order valence-corrected chi connectivity index (χ4v) is 1.04. The van der Waals surface area contributed by atoms with Crippen molar-refractivity contribution in [3.05, 3.63) is 33.4 Å². The second-order valence-electron chi connectivity index (χ2n) is 3.95. The summed E-state index contributed by atoms with van der Waals surface area (Å²) >= 11 is 0. The molecule has 0 heterocycles. The van der Waals surface area contributed by atoms with Gasteiger partial charge >= 0.3 is 0 Å². The van der Waals surface area contributed by atoms with Crippen LogP contribution in [0.2, 0.25) is 0 Å². The third kappa shape index (κ3) is 10.3. The van der Waals surface area contributed by atoms with E-state index >= 15 is 0 Å². The van der Waals surface area contributed by atoms with Gasteiger partial charge < -0.3 is 5.73 Å². The molecule has 100 valence electrons. The van der Waals surface area contributed by atoms with E-state index in [2.05, 4.69) is 30.1 Å². The highest BCUT2D eigenvalue weighted by molar-refractivity contribution is 5.78. The van der Waals surface area contributed by atoms with Crippen LogP contribution in [0, 0.1) is 10.1 Å². The van der Waals surface area contributed by atoms with Gasteiger partial charge in [0.15, 0.2) is 5.03 Å². The number of rotatable bonds is 6. The zero-order valence-electron chi connectivity index (χ0n) is 10.9. The average molecular weight is 253 g/mol. The molecular weight excluding hydrogens is 234 g/mol. The predicted octanol–water partition coefficient (Wildman–Crippen LogP) is 1.76. The van der Waals surface area contributed by atoms with E-state index in [0.29, 0.717) is 0 Å². The Morgan fingerprint density at radius 1 is 1.44 bits per heavy atom. The Balaban J connectivity index is 4.12. The number of hydrogen-bond donors (Lipinski definition) is 2. The van der Waals surface area contributed by atoms with Crippen molar-refractivity contribution in [1.29, 1.82) is 0 Å². The normalized spacial score (nSPS) is 12.6. The molecule has 0 aromatic heterocycles. The van der Waals surface area contributed by atoms with Crippen LogP contribution in [0.1, 0.15) is 33.6 Å². The Hall–Kier alpha value is -2.18. The first-order valence-corrected chi connectivity index (χ1v) is 5.48. The van der Waals surface area contributed by atoms with Crippen molar-refractivity contribution in [3.63, 3.8) is 0 Å². The van der Waals surface area contributed by atoms with Gasteiger partial charge in [-0.15, -0.1) is 5.10 Å². The van der Waals surface area contributed by atoms with E-state index in [4.69, 9.17) is 5.73 Å². The standard InChI is InChI=1S/C11H19N5O2/c1-9(2)5-4-6-10(3)7-8-13-14-11(12)15-16(17)18/h5,7-8H,4,6H2,1-3H3,(H3,12,14,15)/b10-7-,13-8-. The maximum Gasteiger partial charge on any atom is 0.275 e. The van der Waals surface area contributed by atoms with Crippen molar-refractivity contribution in [2.24, 2.45) is 15.9 Å². The summed E-state index contributed by atoms with van der Waals surface area (Å²) in [6.07, 6.45) is 7.32. The Morgan fingerprint density at radius 3 is 2.67 bits per heavy atom. The molecule has 0 radical (unpaired) electrons. The molecule has 0 unspecified atom stereocenters. The van der Waals surface area contributed by atoms with Crippen LogP contribution in [0.5, 0.6) is 0 Å². The zero-order valence-corrected chi connectivity index (χ0v) is 10.9. The molecule has 0 saturated carbocycles. The molecule has 0 saturated heterocycles. The van der Waals surface area contributed by atoms with Crippen LogP contribution >= 0.6 is 0 Å². The van der Waals surface area contributed by atoms with Crippen LogP contribution in [0.3, 0.4) is 0 Å². The quantitative estimate of drug-likeness (QED) is 0.247. The van der Waals surface area contributed by atoms with Gasteiger partial charge in [-0.3, -0.25) is 0 Å². The maximum atomic E-state index is 9.99. The molecule has 0 amide bonds. The van der Waals surface area contributed by atoms with E-state index in [1.54, 1.807) is 11.5 Å². The van der Waals surface area contributed by atoms with Crippen molar-refractivity contribution in [1.82, 2.24) is 5.43 Å². The van der Waals surface area contributed by atoms with Gasteiger partial charge in [0.05, 0.1) is 0 Å². The minimum absolute atomic E-state index is 0.355. The summed E-state index contributed by atoms with van der Waals surface area (Å²) < 4.78 is 0. The van der Waals surface area contributed by atoms with E-state index in [-0.39, 0.29) is 5.96 Å². The zero-order chi connectivity index (χ0) is 14.0. The van der Waals surface area contributed by atoms with E-state index in [1.807, 2.05) is 6.92 Å². The van der Waals surface area contributed by atoms with E-state index in [0.717, 1.165) is 18.4 Å². The minimum Gasteiger partial charge on any atom is -0.364 e. The molecule has 0 aromatic carbocycles. The van der Waals surface area contributed by atoms with Gasteiger partial charge in [0.25, 0.3) is 5.96 Å². The molecular formula is C11H19N5O2. The number of hydrazine groups is 1. The largest absolute Gasteiger partial charge is 0.364 e. The molecule has 0 rings (SSSR count). The number of nitro groups is 1. The maximum absolute atomic E-state index is 9.99. The lowest BCUT2D eigenvalue weighted by atomic mass is 10.1. The molecule has 0 aromatic rings. The van der Waals surface area contributed by atoms with Crippen LogP contribution in [0.4, 0.5) is 0 Å². The van der Waals surface area contributed by atoms with Crippen LogP contribution in [0.15, 0.2) is 33.5 Å². The topological polar surface area (TPSA) is 106 Å². The van der Waals surface area contributed by atoms with Gasteiger partial charge in [0, 0.05) is 6.21 Å². The summed E-state index contributed by atoms with van der Waals surface area (Å²) in [6, 6.07) is 0. The summed E-state index contributed by atoms with van der Waals surface area (Å²) in [5.74, 6) is -0.355. The number of nitrogens with one attached hydrogen (secondary N) is 1. The van der Waals surface area contributed by atoms with Gasteiger partial charge in [-0.2, -0.15) is 5.10 Å². The molecule has 0 aliphatic rings. The van der Waals surface area contributed by atoms with Crippen molar-refractivity contribution in [2.45, 2.75) is 33.6 Å². The third-order valence-electron chi connectivity index (χ3n) is 1.89. The minimum atomic E-state index is -0.797. The molecule has 0 aliphatic carbocycles. The highest BCUT2D eigenvalue weighted by Gasteiger charge is 1.96. The molecule has 0 fully saturated rings. The summed E-state index contributed by atoms with van der Waals surface area (Å²) in [6.45, 7) is 6.09. The Labute approximate surface area is 106 Å². The molecule has 3 N–H and O–H groups in total. The lowest BCUT2D eigenvalue weighted by Gasteiger charge is -1.96. The van der Waals surface area contributed by atoms with Gasteiger partial charge in [-0.1, -0.05) is 22.6 Å². The Kier molecular flexibility index (Phi) is 7.83. The first kappa shape index (κ1) is 15.8. The second-order valence-corrected chi connectivity index (χ2v) is 3.95. The number of nitrogens with two attached hydrogens (primary N) is 1. The summed E-state index contributed by atoms with van der Waals surface area (Å²) in [5.41, 5.74) is 9.28. The lowest BCUT2D eigenvalue weighted by molar-refractivity contribution is -0.525. The van der Waals surface area contributed by atoms with Gasteiger partial charge in [0.2, 0.25) is 0 Å². The molecule has 0 spiro atoms. The van der Waals surface area contributed by atoms with Crippen LogP contribution in [0.25, 0.3) is 0 Å². The van der Waals surface area contributed by atoms with Crippen molar-refractivity contribution < 1.29 is 5.03 Å². The number of allylic oxidation sites excluding steroid dienone is 4. The van der Waals surface area contributed by atoms with Gasteiger partial charge in [-0.05, 0) is 39.7 Å². The van der Waals surface area contributed by atoms with Crippen molar-refractivity contribution in [3.8, 4) is 0 Å². The highest BCUT2D eigenvalue weighted by Crippen LogP contribution is 2.05. The lowest BCUT2D eigenvalue weighted by Crippen LogP contribution is -2.35. The molecule has 7 nitrogen and oxygen atoms in total. The fourth-order valence-electron chi connectivity index (χ4n) is 1.04. The number of nitrogens with zero attached hydrogens (tertiary/aromatic N) is 3. The Morgan fingerprint density at radius 2 is 2.11 bits per heavy atom. The monoisotopic (exact) mass is 253 g/mol. The summed E-state index contributed by atoms with van der Waals surface area (Å²) in [7, 11) is 0. The molecule has 0 bridgehead atoms. The SMILES string of the molecule is CC(C)=CCC\C(C)=C/C=N\N=C(\N)N[N+](=O)[O-]. The van der Waals surface area contributed by atoms with E-state index < -0.39 is 5.03 Å². The van der Waals surface area contributed by atoms with Crippen LogP contribution in [-0.4, -0.2) is 17.2 Å². The number of hydrogen-bond acceptors (Lipinski definition) is 4. The molecule has 18 heavy (non-hydrogen) atoms. The van der Waals surface area contributed by atoms with E-state index in [1.165, 1.54) is 11.8 Å². The van der Waals surface area contributed by atoms with Crippen molar-refractivity contribution >= 4 is 12.2 Å². The van der Waals surface area contributed by atoms with Gasteiger partial charge in [-0.25, -0.2) is 10.1 Å². The van der Waals surface area contributed by atoms with Crippen LogP contribution in [-0.2, 0) is 0 Å². The fraction of sp³-hybridized carbons (Fsp3) is 0.455. The molecule has 0 aliphatic heterocycles. The van der Waals surface area contributed by atoms with Crippen LogP contribution < -0.4 is 11.2 Å². The average Bonchev–Trinajstić information content (AvgIpc) is 2.23. The third-order valence-corrected chi connectivity index (χ3v) is 1.89. The first-order chi connectivity index (χ1) is 8.41. The molecule has 0 atom stereocenters. The van der Waals surface area contributed by atoms with E-state index in [9.17, 15) is 10.1 Å².